The second kappa shape index (κ2) is 7.88. The molecule has 2 aromatic rings. The van der Waals surface area contributed by atoms with Crippen LogP contribution >= 0.6 is 0 Å². The van der Waals surface area contributed by atoms with Gasteiger partial charge in [0.25, 0.3) is 5.91 Å². The van der Waals surface area contributed by atoms with Gasteiger partial charge in [0, 0.05) is 12.0 Å². The van der Waals surface area contributed by atoms with Crippen LogP contribution in [0.25, 0.3) is 0 Å². The van der Waals surface area contributed by atoms with Crippen molar-refractivity contribution >= 4 is 11.9 Å². The molecule has 0 radical (unpaired) electrons. The first kappa shape index (κ1) is 19.7. The van der Waals surface area contributed by atoms with Crippen molar-refractivity contribution in [3.8, 4) is 11.5 Å². The van der Waals surface area contributed by atoms with E-state index in [4.69, 9.17) is 14.2 Å². The smallest absolute Gasteiger partial charge is 0.339 e. The summed E-state index contributed by atoms with van der Waals surface area (Å²) in [5, 5.41) is 2.92. The van der Waals surface area contributed by atoms with Crippen molar-refractivity contribution in [2.75, 3.05) is 19.9 Å². The molecule has 2 heterocycles. The fraction of sp³-hybridized carbons (Fsp3) is 0.381. The molecular weight excluding hydrogens is 360 g/mol. The van der Waals surface area contributed by atoms with Crippen LogP contribution in [-0.2, 0) is 10.2 Å². The van der Waals surface area contributed by atoms with Crippen LogP contribution in [-0.4, -0.2) is 36.8 Å². The number of nitrogens with zero attached hydrogens (tertiary/aromatic N) is 1. The van der Waals surface area contributed by atoms with E-state index in [9.17, 15) is 9.59 Å². The summed E-state index contributed by atoms with van der Waals surface area (Å²) in [6.07, 6.45) is 0. The van der Waals surface area contributed by atoms with Gasteiger partial charge in [-0.25, -0.2) is 9.78 Å². The number of fused-ring (bicyclic) bond motifs is 1. The molecule has 1 aliphatic rings. The summed E-state index contributed by atoms with van der Waals surface area (Å²) in [7, 11) is 0. The third-order valence-corrected chi connectivity index (χ3v) is 4.66. The molecule has 0 saturated heterocycles. The van der Waals surface area contributed by atoms with Gasteiger partial charge in [-0.2, -0.15) is 0 Å². The monoisotopic (exact) mass is 384 g/mol. The zero-order valence-electron chi connectivity index (χ0n) is 16.5. The van der Waals surface area contributed by atoms with Crippen LogP contribution in [0.15, 0.2) is 30.3 Å². The van der Waals surface area contributed by atoms with E-state index < -0.39 is 5.97 Å². The van der Waals surface area contributed by atoms with Gasteiger partial charge in [0.15, 0.2) is 11.5 Å². The number of esters is 1. The summed E-state index contributed by atoms with van der Waals surface area (Å²) in [5.74, 6) is 0.699. The molecule has 1 amide bonds. The Kier molecular flexibility index (Phi) is 5.53. The van der Waals surface area contributed by atoms with Gasteiger partial charge in [0.1, 0.15) is 5.69 Å². The molecule has 0 saturated carbocycles. The lowest BCUT2D eigenvalue weighted by molar-refractivity contribution is 0.0524. The van der Waals surface area contributed by atoms with E-state index in [1.54, 1.807) is 19.9 Å². The molecule has 148 valence electrons. The van der Waals surface area contributed by atoms with Gasteiger partial charge >= 0.3 is 5.97 Å². The average molecular weight is 384 g/mol. The highest BCUT2D eigenvalue weighted by molar-refractivity contribution is 5.95. The summed E-state index contributed by atoms with van der Waals surface area (Å²) in [6, 6.07) is 8.88. The van der Waals surface area contributed by atoms with Crippen molar-refractivity contribution in [2.24, 2.45) is 0 Å². The number of pyridine rings is 1. The zero-order valence-corrected chi connectivity index (χ0v) is 16.5. The highest BCUT2D eigenvalue weighted by atomic mass is 16.7. The number of carbonyl (C=O) groups is 2. The summed E-state index contributed by atoms with van der Waals surface area (Å²) in [4.78, 5) is 28.6. The Morgan fingerprint density at radius 2 is 1.93 bits per heavy atom. The molecule has 7 heteroatoms. The predicted octanol–water partition coefficient (Wildman–Crippen LogP) is 3.00. The maximum absolute atomic E-state index is 12.5. The first-order chi connectivity index (χ1) is 13.3. The Morgan fingerprint density at radius 1 is 1.18 bits per heavy atom. The van der Waals surface area contributed by atoms with Crippen molar-refractivity contribution in [2.45, 2.75) is 33.1 Å². The number of benzene rings is 1. The van der Waals surface area contributed by atoms with E-state index in [2.05, 4.69) is 10.3 Å². The Bertz CT molecular complexity index is 908. The summed E-state index contributed by atoms with van der Waals surface area (Å²) < 4.78 is 15.8. The Hall–Kier alpha value is -3.09. The van der Waals surface area contributed by atoms with E-state index in [-0.39, 0.29) is 30.4 Å². The van der Waals surface area contributed by atoms with Gasteiger partial charge in [0.2, 0.25) is 6.79 Å². The molecule has 0 spiro atoms. The molecule has 0 bridgehead atoms. The van der Waals surface area contributed by atoms with Crippen LogP contribution < -0.4 is 14.8 Å². The summed E-state index contributed by atoms with van der Waals surface area (Å²) >= 11 is 0. The van der Waals surface area contributed by atoms with Gasteiger partial charge in [0.05, 0.1) is 17.9 Å². The fourth-order valence-corrected chi connectivity index (χ4v) is 2.92. The molecule has 7 nitrogen and oxygen atoms in total. The topological polar surface area (TPSA) is 86.8 Å². The quantitative estimate of drug-likeness (QED) is 0.771. The molecule has 1 aromatic heterocycles. The second-order valence-electron chi connectivity index (χ2n) is 7.18. The fourth-order valence-electron chi connectivity index (χ4n) is 2.92. The molecule has 3 rings (SSSR count). The van der Waals surface area contributed by atoms with Crippen molar-refractivity contribution in [3.05, 3.63) is 52.8 Å². The lowest BCUT2D eigenvalue weighted by atomic mass is 9.84. The van der Waals surface area contributed by atoms with Crippen LogP contribution in [0.2, 0.25) is 0 Å². The molecule has 0 unspecified atom stereocenters. The van der Waals surface area contributed by atoms with Crippen molar-refractivity contribution in [1.82, 2.24) is 10.3 Å². The van der Waals surface area contributed by atoms with Gasteiger partial charge < -0.3 is 19.5 Å². The molecule has 1 aromatic carbocycles. The largest absolute Gasteiger partial charge is 0.462 e. The van der Waals surface area contributed by atoms with E-state index >= 15 is 0 Å². The van der Waals surface area contributed by atoms with Crippen molar-refractivity contribution in [1.29, 1.82) is 0 Å². The van der Waals surface area contributed by atoms with Crippen LogP contribution in [0.3, 0.4) is 0 Å². The van der Waals surface area contributed by atoms with Crippen LogP contribution in [0, 0.1) is 6.92 Å². The Morgan fingerprint density at radius 3 is 2.64 bits per heavy atom. The standard InChI is InChI=1S/C21H24N2O5/c1-5-26-20(25)15-7-8-16(23-13(15)2)19(24)22-11-21(3,4)14-6-9-17-18(10-14)28-12-27-17/h6-10H,5,11-12H2,1-4H3,(H,22,24). The number of hydrogen-bond acceptors (Lipinski definition) is 6. The minimum atomic E-state index is -0.441. The second-order valence-corrected chi connectivity index (χ2v) is 7.18. The minimum Gasteiger partial charge on any atom is -0.462 e. The van der Waals surface area contributed by atoms with E-state index in [1.165, 1.54) is 6.07 Å². The van der Waals surface area contributed by atoms with E-state index in [0.29, 0.717) is 23.6 Å². The molecule has 28 heavy (non-hydrogen) atoms. The third-order valence-electron chi connectivity index (χ3n) is 4.66. The van der Waals surface area contributed by atoms with Crippen molar-refractivity contribution in [3.63, 3.8) is 0 Å². The number of rotatable bonds is 6. The average Bonchev–Trinajstić information content (AvgIpc) is 3.14. The first-order valence-electron chi connectivity index (χ1n) is 9.15. The molecule has 0 fully saturated rings. The van der Waals surface area contributed by atoms with E-state index in [0.717, 1.165) is 11.3 Å². The maximum atomic E-state index is 12.5. The maximum Gasteiger partial charge on any atom is 0.339 e. The number of aryl methyl sites for hydroxylation is 1. The van der Waals surface area contributed by atoms with Gasteiger partial charge in [-0.05, 0) is 43.7 Å². The number of ether oxygens (including phenoxy) is 3. The zero-order chi connectivity index (χ0) is 20.3. The SMILES string of the molecule is CCOC(=O)c1ccc(C(=O)NCC(C)(C)c2ccc3c(c2)OCO3)nc1C. The molecule has 1 N–H and O–H groups in total. The summed E-state index contributed by atoms with van der Waals surface area (Å²) in [5.41, 5.74) is 1.78. The van der Waals surface area contributed by atoms with Gasteiger partial charge in [-0.15, -0.1) is 0 Å². The Balaban J connectivity index is 1.67. The molecule has 0 atom stereocenters. The molecule has 0 aliphatic carbocycles. The lowest BCUT2D eigenvalue weighted by Crippen LogP contribution is -2.37. The number of aromatic nitrogens is 1. The molecule has 1 aliphatic heterocycles. The normalized spacial score (nSPS) is 12.6. The number of nitrogens with one attached hydrogen (secondary N) is 1. The number of hydrogen-bond donors (Lipinski definition) is 1. The highest BCUT2D eigenvalue weighted by Gasteiger charge is 2.25. The van der Waals surface area contributed by atoms with Crippen LogP contribution in [0.5, 0.6) is 11.5 Å². The number of amides is 1. The first-order valence-corrected chi connectivity index (χ1v) is 9.15. The van der Waals surface area contributed by atoms with Crippen LogP contribution in [0.4, 0.5) is 0 Å². The third kappa shape index (κ3) is 4.08. The van der Waals surface area contributed by atoms with Crippen molar-refractivity contribution < 1.29 is 23.8 Å². The minimum absolute atomic E-state index is 0.225. The Labute approximate surface area is 164 Å². The van der Waals surface area contributed by atoms with Gasteiger partial charge in [-0.1, -0.05) is 19.9 Å². The predicted molar refractivity (Wildman–Crippen MR) is 103 cm³/mol. The van der Waals surface area contributed by atoms with E-state index in [1.807, 2.05) is 32.0 Å². The van der Waals surface area contributed by atoms with Crippen LogP contribution in [0.1, 0.15) is 52.9 Å². The van der Waals surface area contributed by atoms with Gasteiger partial charge in [-0.3, -0.25) is 4.79 Å². The summed E-state index contributed by atoms with van der Waals surface area (Å²) in [6.45, 7) is 8.41. The lowest BCUT2D eigenvalue weighted by Gasteiger charge is -2.26. The number of carbonyl (C=O) groups excluding carboxylic acids is 2. The molecular formula is C21H24N2O5. The highest BCUT2D eigenvalue weighted by Crippen LogP contribution is 2.36.